The largest absolute Gasteiger partial charge is 4.00 e. The smallest absolute Gasteiger partial charge is 0.310 e. The molecule has 0 spiro atoms. The van der Waals surface area contributed by atoms with Crippen molar-refractivity contribution in [2.24, 2.45) is 35.5 Å². The van der Waals surface area contributed by atoms with Gasteiger partial charge in [0.05, 0.1) is 61.5 Å². The number of hydrogen-bond donors (Lipinski definition) is 2. The van der Waals surface area contributed by atoms with Crippen molar-refractivity contribution in [1.82, 2.24) is 10.6 Å². The molecule has 0 saturated heterocycles. The van der Waals surface area contributed by atoms with Crippen molar-refractivity contribution in [3.8, 4) is 0 Å². The van der Waals surface area contributed by atoms with Crippen molar-refractivity contribution in [2.45, 2.75) is 125 Å². The summed E-state index contributed by atoms with van der Waals surface area (Å²) < 4.78 is 0. The predicted octanol–water partition coefficient (Wildman–Crippen LogP) is 13.0. The first kappa shape index (κ1) is 50.7. The summed E-state index contributed by atoms with van der Waals surface area (Å²) in [5, 5.41) is 14.6. The summed E-state index contributed by atoms with van der Waals surface area (Å²) in [5.74, 6) is 5.61. The minimum Gasteiger partial charge on any atom is -0.310 e. The maximum absolute atomic E-state index is 7.30. The van der Waals surface area contributed by atoms with Gasteiger partial charge >= 0.3 is 17.1 Å². The molecule has 8 saturated carbocycles. The minimum atomic E-state index is -0.979. The zero-order valence-corrected chi connectivity index (χ0v) is 45.6. The average Bonchev–Trinajstić information content (AvgIpc) is 3.42. The monoisotopic (exact) mass is 1040 g/mol. The van der Waals surface area contributed by atoms with E-state index >= 15 is 0 Å². The second-order valence-electron chi connectivity index (χ2n) is 23.8. The molecule has 8 bridgehead atoms. The number of nitrogens with zero attached hydrogens (tertiary/aromatic N) is 2. The van der Waals surface area contributed by atoms with Gasteiger partial charge < -0.3 is 20.3 Å². The summed E-state index contributed by atoms with van der Waals surface area (Å²) in [6.07, 6.45) is 20.6. The third-order valence-electron chi connectivity index (χ3n) is 18.8. The third-order valence-corrected chi connectivity index (χ3v) is 24.7. The van der Waals surface area contributed by atoms with Crippen molar-refractivity contribution in [3.63, 3.8) is 0 Å². The molecule has 10 aliphatic rings. The van der Waals surface area contributed by atoms with Crippen LogP contribution in [-0.4, -0.2) is 35.5 Å². The Labute approximate surface area is 450 Å². The fourth-order valence-electron chi connectivity index (χ4n) is 16.5. The second kappa shape index (κ2) is 22.4. The molecule has 16 rings (SSSR count). The van der Waals surface area contributed by atoms with E-state index in [2.05, 4.69) is 190 Å². The van der Waals surface area contributed by atoms with Crippen molar-refractivity contribution < 1.29 is 17.1 Å². The van der Waals surface area contributed by atoms with Crippen LogP contribution in [0.1, 0.15) is 111 Å². The molecule has 73 heavy (non-hydrogen) atoms. The SMILES string of the molecule is [C-]#[N+]C12CC3CC(CC(C3)C1)C2.[C-]#[N+]C12CC3CC(CC(C3)C1)C2.[Fe+4].c1ccc([PH+](C[C@@H]2Cc3ccccc3[C@@H]([C@H]3N[C@H](C[PH+](c4ccccc4)c4ccccc4)Cc4ccccc43)N2)c2ccccc2)cc1. The van der Waals surface area contributed by atoms with Crippen molar-refractivity contribution in [1.29, 1.82) is 0 Å². The van der Waals surface area contributed by atoms with Gasteiger partial charge in [0.1, 0.15) is 0 Å². The molecular formula is C66H74FeN4P2+6. The van der Waals surface area contributed by atoms with Crippen LogP contribution in [0.3, 0.4) is 0 Å². The first-order valence-electron chi connectivity index (χ1n) is 27.8. The topological polar surface area (TPSA) is 32.8 Å². The quantitative estimate of drug-likeness (QED) is 0.0859. The minimum absolute atomic E-state index is 0. The molecule has 6 aromatic carbocycles. The summed E-state index contributed by atoms with van der Waals surface area (Å²) in [4.78, 5) is 7.86. The zero-order valence-electron chi connectivity index (χ0n) is 42.5. The van der Waals surface area contributed by atoms with Gasteiger partial charge in [-0.05, 0) is 158 Å². The van der Waals surface area contributed by atoms with E-state index in [1.165, 1.54) is 121 Å². The van der Waals surface area contributed by atoms with Gasteiger partial charge in [-0.2, -0.15) is 0 Å². The van der Waals surface area contributed by atoms with Gasteiger partial charge in [0.15, 0.2) is 0 Å². The molecule has 2 heterocycles. The van der Waals surface area contributed by atoms with Crippen LogP contribution in [0.5, 0.6) is 0 Å². The molecule has 0 amide bonds. The average molecular weight is 1040 g/mol. The van der Waals surface area contributed by atoms with Gasteiger partial charge in [0.2, 0.25) is 11.1 Å². The third kappa shape index (κ3) is 11.1. The number of rotatable bonds is 9. The maximum Gasteiger partial charge on any atom is 4.00 e. The molecule has 2 N–H and O–H groups in total. The normalized spacial score (nSPS) is 31.6. The van der Waals surface area contributed by atoms with E-state index in [4.69, 9.17) is 13.1 Å². The molecule has 0 radical (unpaired) electrons. The van der Waals surface area contributed by atoms with Crippen LogP contribution >= 0.6 is 15.8 Å². The fourth-order valence-corrected chi connectivity index (χ4v) is 22.0. The Kier molecular flexibility index (Phi) is 15.6. The first-order valence-corrected chi connectivity index (χ1v) is 31.2. The van der Waals surface area contributed by atoms with Gasteiger partial charge in [0, 0.05) is 50.6 Å². The number of nitrogens with one attached hydrogen (secondary N) is 2. The molecule has 0 unspecified atom stereocenters. The number of fused-ring (bicyclic) bond motifs is 2. The van der Waals surface area contributed by atoms with E-state index in [0.29, 0.717) is 12.1 Å². The summed E-state index contributed by atoms with van der Waals surface area (Å²) >= 11 is 0. The maximum atomic E-state index is 7.30. The molecule has 4 nitrogen and oxygen atoms in total. The first-order chi connectivity index (χ1) is 35.4. The van der Waals surface area contributed by atoms with Crippen LogP contribution in [-0.2, 0) is 29.9 Å². The van der Waals surface area contributed by atoms with Gasteiger partial charge in [-0.25, -0.2) is 13.1 Å². The molecule has 8 fully saturated rings. The molecular weight excluding hydrogens is 967 g/mol. The summed E-state index contributed by atoms with van der Waals surface area (Å²) in [6.45, 7) is 14.6. The Bertz CT molecular complexity index is 2520. The van der Waals surface area contributed by atoms with E-state index in [9.17, 15) is 0 Å². The van der Waals surface area contributed by atoms with Gasteiger partial charge in [-0.3, -0.25) is 0 Å². The van der Waals surface area contributed by atoms with Crippen LogP contribution in [0.4, 0.5) is 0 Å². The van der Waals surface area contributed by atoms with E-state index in [1.54, 1.807) is 0 Å². The van der Waals surface area contributed by atoms with Crippen molar-refractivity contribution >= 4 is 37.1 Å². The van der Waals surface area contributed by atoms with E-state index in [1.807, 2.05) is 0 Å². The Morgan fingerprint density at radius 1 is 0.384 bits per heavy atom. The van der Waals surface area contributed by atoms with E-state index in [0.717, 1.165) is 60.7 Å². The predicted molar refractivity (Wildman–Crippen MR) is 305 cm³/mol. The molecule has 6 aromatic rings. The summed E-state index contributed by atoms with van der Waals surface area (Å²) in [6, 6.07) is 64.6. The van der Waals surface area contributed by atoms with E-state index < -0.39 is 15.8 Å². The Hall–Kier alpha value is -4.40. The molecule has 370 valence electrons. The summed E-state index contributed by atoms with van der Waals surface area (Å²) in [5.41, 5.74) is 6.16. The van der Waals surface area contributed by atoms with Gasteiger partial charge in [-0.1, -0.05) is 121 Å². The van der Waals surface area contributed by atoms with Crippen LogP contribution in [0.2, 0.25) is 0 Å². The fraction of sp³-hybridized carbons (Fsp3) is 0.424. The molecule has 4 atom stereocenters. The Morgan fingerprint density at radius 3 is 0.918 bits per heavy atom. The number of hydrogen-bond acceptors (Lipinski definition) is 2. The standard InChI is InChI=1S/C44H42N2P2.2C11H15N.Fe/c1-5-19-37(20-6-1)47(38-21-7-2-8-22-38)31-35-29-33-17-13-15-27-41(33)43(45-35)44-42-28-16-14-18-34(42)30-36(46-44)32-48(39-23-9-3-10-24-39)40-25-11-4-12-26-40;2*1-12-11-5-8-2-9(6-11)4-10(3-8)7-11;/h1-28,35-36,43-46H,29-32H2;2*8-10H,2-7H2;/q;;;+4/p+2/t35-,36-,43-,44-;;;/m0.../s1. The van der Waals surface area contributed by atoms with Gasteiger partial charge in [0.25, 0.3) is 0 Å². The molecule has 7 heteroatoms. The summed E-state index contributed by atoms with van der Waals surface area (Å²) in [7, 11) is -1.96. The second-order valence-corrected chi connectivity index (χ2v) is 28.9. The molecule has 8 aliphatic carbocycles. The van der Waals surface area contributed by atoms with Crippen LogP contribution in [0.25, 0.3) is 9.69 Å². The molecule has 2 aliphatic heterocycles. The van der Waals surface area contributed by atoms with Crippen molar-refractivity contribution in [3.05, 3.63) is 215 Å². The Balaban J connectivity index is 0.000000184. The van der Waals surface area contributed by atoms with Crippen molar-refractivity contribution in [2.75, 3.05) is 12.3 Å². The molecule has 0 aromatic heterocycles. The van der Waals surface area contributed by atoms with Crippen LogP contribution < -0.4 is 31.9 Å². The van der Waals surface area contributed by atoms with E-state index in [-0.39, 0.29) is 40.2 Å². The van der Waals surface area contributed by atoms with Crippen LogP contribution in [0.15, 0.2) is 170 Å². The zero-order chi connectivity index (χ0) is 48.5. The van der Waals surface area contributed by atoms with Crippen LogP contribution in [0, 0.1) is 48.7 Å². The Morgan fingerprint density at radius 2 is 0.644 bits per heavy atom. The van der Waals surface area contributed by atoms with Gasteiger partial charge in [-0.15, -0.1) is 0 Å². The number of benzene rings is 6.